The molecule has 2 fully saturated rings. The fourth-order valence-electron chi connectivity index (χ4n) is 2.87. The molecule has 3 heteroatoms. The van der Waals surface area contributed by atoms with Gasteiger partial charge in [-0.25, -0.2) is 4.98 Å². The maximum atomic E-state index is 4.02. The van der Waals surface area contributed by atoms with Crippen LogP contribution in [0.25, 0.3) is 0 Å². The van der Waals surface area contributed by atoms with E-state index in [0.29, 0.717) is 6.04 Å². The van der Waals surface area contributed by atoms with Gasteiger partial charge in [0.15, 0.2) is 0 Å². The molecule has 1 aliphatic carbocycles. The van der Waals surface area contributed by atoms with Crippen molar-refractivity contribution in [2.24, 2.45) is 5.92 Å². The van der Waals surface area contributed by atoms with Crippen LogP contribution in [-0.4, -0.2) is 34.1 Å². The lowest BCUT2D eigenvalue weighted by Crippen LogP contribution is -2.37. The SMILES string of the molecule is [c]1cn(C2CCC2CN2CCCC2)cn1. The molecule has 0 spiro atoms. The molecule has 1 aromatic rings. The fraction of sp³-hybridized carbons (Fsp3) is 0.750. The minimum Gasteiger partial charge on any atom is -0.333 e. The first-order valence-corrected chi connectivity index (χ1v) is 6.05. The van der Waals surface area contributed by atoms with E-state index in [4.69, 9.17) is 0 Å². The van der Waals surface area contributed by atoms with E-state index in [1.165, 1.54) is 45.3 Å². The van der Waals surface area contributed by atoms with E-state index < -0.39 is 0 Å². The van der Waals surface area contributed by atoms with Gasteiger partial charge in [-0.2, -0.15) is 0 Å². The number of hydrogen-bond donors (Lipinski definition) is 0. The maximum Gasteiger partial charge on any atom is 0.108 e. The summed E-state index contributed by atoms with van der Waals surface area (Å²) in [5.41, 5.74) is 0. The monoisotopic (exact) mass is 204 g/mol. The molecule has 2 unspecified atom stereocenters. The van der Waals surface area contributed by atoms with Crippen molar-refractivity contribution in [1.82, 2.24) is 14.5 Å². The van der Waals surface area contributed by atoms with Crippen molar-refractivity contribution in [2.45, 2.75) is 31.7 Å². The Bertz CT molecular complexity index is 301. The summed E-state index contributed by atoms with van der Waals surface area (Å²) in [4.78, 5) is 6.64. The highest BCUT2D eigenvalue weighted by molar-refractivity contribution is 4.91. The lowest BCUT2D eigenvalue weighted by atomic mass is 9.79. The second kappa shape index (κ2) is 3.97. The van der Waals surface area contributed by atoms with E-state index in [0.717, 1.165) is 5.92 Å². The van der Waals surface area contributed by atoms with Crippen LogP contribution in [0.2, 0.25) is 0 Å². The average molecular weight is 204 g/mol. The Morgan fingerprint density at radius 1 is 1.27 bits per heavy atom. The number of nitrogens with zero attached hydrogens (tertiary/aromatic N) is 3. The van der Waals surface area contributed by atoms with Crippen molar-refractivity contribution >= 4 is 0 Å². The lowest BCUT2D eigenvalue weighted by Gasteiger charge is -2.39. The largest absolute Gasteiger partial charge is 0.333 e. The van der Waals surface area contributed by atoms with Crippen LogP contribution in [-0.2, 0) is 0 Å². The first-order valence-electron chi connectivity index (χ1n) is 6.05. The number of hydrogen-bond acceptors (Lipinski definition) is 2. The van der Waals surface area contributed by atoms with Gasteiger partial charge in [0, 0.05) is 18.8 Å². The summed E-state index contributed by atoms with van der Waals surface area (Å²) in [6, 6.07) is 0.698. The predicted molar refractivity (Wildman–Crippen MR) is 58.5 cm³/mol. The lowest BCUT2D eigenvalue weighted by molar-refractivity contribution is 0.128. The van der Waals surface area contributed by atoms with Crippen LogP contribution in [0.4, 0.5) is 0 Å². The molecule has 1 aromatic heterocycles. The zero-order valence-corrected chi connectivity index (χ0v) is 9.10. The van der Waals surface area contributed by atoms with E-state index in [1.807, 2.05) is 12.5 Å². The van der Waals surface area contributed by atoms with Gasteiger partial charge in [-0.15, -0.1) is 0 Å². The third-order valence-electron chi connectivity index (χ3n) is 3.92. The van der Waals surface area contributed by atoms with Crippen molar-refractivity contribution in [3.05, 3.63) is 18.7 Å². The van der Waals surface area contributed by atoms with Crippen molar-refractivity contribution in [1.29, 1.82) is 0 Å². The van der Waals surface area contributed by atoms with Gasteiger partial charge in [0.05, 0.1) is 6.33 Å². The molecule has 15 heavy (non-hydrogen) atoms. The maximum absolute atomic E-state index is 4.02. The Balaban J connectivity index is 1.58. The Labute approximate surface area is 91.1 Å². The van der Waals surface area contributed by atoms with Crippen LogP contribution in [0.3, 0.4) is 0 Å². The highest BCUT2D eigenvalue weighted by Gasteiger charge is 2.33. The molecule has 0 amide bonds. The Morgan fingerprint density at radius 2 is 2.13 bits per heavy atom. The van der Waals surface area contributed by atoms with Crippen LogP contribution in [0.1, 0.15) is 31.7 Å². The van der Waals surface area contributed by atoms with Gasteiger partial charge in [-0.1, -0.05) is 0 Å². The van der Waals surface area contributed by atoms with Crippen LogP contribution < -0.4 is 0 Å². The quantitative estimate of drug-likeness (QED) is 0.747. The summed E-state index contributed by atoms with van der Waals surface area (Å²) in [5.74, 6) is 0.852. The molecule has 0 bridgehead atoms. The molecule has 1 aliphatic heterocycles. The second-order valence-corrected chi connectivity index (χ2v) is 4.86. The Kier molecular flexibility index (Phi) is 2.49. The van der Waals surface area contributed by atoms with E-state index in [1.54, 1.807) is 0 Å². The molecule has 3 nitrogen and oxygen atoms in total. The molecule has 0 aromatic carbocycles. The minimum atomic E-state index is 0.698. The van der Waals surface area contributed by atoms with E-state index in [9.17, 15) is 0 Å². The predicted octanol–water partition coefficient (Wildman–Crippen LogP) is 1.73. The van der Waals surface area contributed by atoms with Gasteiger partial charge in [-0.05, 0) is 44.7 Å². The smallest absolute Gasteiger partial charge is 0.108 e. The van der Waals surface area contributed by atoms with Gasteiger partial charge in [0.1, 0.15) is 6.20 Å². The molecule has 1 saturated carbocycles. The molecule has 81 valence electrons. The first-order chi connectivity index (χ1) is 7.43. The summed E-state index contributed by atoms with van der Waals surface area (Å²) < 4.78 is 2.24. The van der Waals surface area contributed by atoms with Crippen LogP contribution >= 0.6 is 0 Å². The molecule has 2 atom stereocenters. The Morgan fingerprint density at radius 3 is 2.73 bits per heavy atom. The topological polar surface area (TPSA) is 21.1 Å². The van der Waals surface area contributed by atoms with Crippen LogP contribution in [0, 0.1) is 12.1 Å². The van der Waals surface area contributed by atoms with Crippen molar-refractivity contribution in [3.8, 4) is 0 Å². The molecule has 3 rings (SSSR count). The normalized spacial score (nSPS) is 31.7. The van der Waals surface area contributed by atoms with Crippen molar-refractivity contribution < 1.29 is 0 Å². The molecular formula is C12H18N3. The molecule has 2 heterocycles. The minimum absolute atomic E-state index is 0.698. The van der Waals surface area contributed by atoms with Gasteiger partial charge in [0.2, 0.25) is 0 Å². The summed E-state index contributed by atoms with van der Waals surface area (Å²) in [7, 11) is 0. The zero-order valence-electron chi connectivity index (χ0n) is 9.10. The number of aromatic nitrogens is 2. The Hall–Kier alpha value is -0.830. The van der Waals surface area contributed by atoms with E-state index >= 15 is 0 Å². The second-order valence-electron chi connectivity index (χ2n) is 4.86. The summed E-state index contributed by atoms with van der Waals surface area (Å²) >= 11 is 0. The van der Waals surface area contributed by atoms with Crippen LogP contribution in [0.15, 0.2) is 12.5 Å². The zero-order chi connectivity index (χ0) is 10.1. The van der Waals surface area contributed by atoms with Crippen LogP contribution in [0.5, 0.6) is 0 Å². The first kappa shape index (κ1) is 9.40. The van der Waals surface area contributed by atoms with Gasteiger partial charge in [0.25, 0.3) is 0 Å². The van der Waals surface area contributed by atoms with Crippen molar-refractivity contribution in [3.63, 3.8) is 0 Å². The standard InChI is InChI=1S/C12H18N3/c1-2-7-14(6-1)9-11-3-4-12(11)15-8-5-13-10-15/h8,10-12H,1-4,6-7,9H2. The van der Waals surface area contributed by atoms with Crippen molar-refractivity contribution in [2.75, 3.05) is 19.6 Å². The highest BCUT2D eigenvalue weighted by Crippen LogP contribution is 2.39. The number of rotatable bonds is 3. The summed E-state index contributed by atoms with van der Waals surface area (Å²) in [5, 5.41) is 0. The summed E-state index contributed by atoms with van der Waals surface area (Å²) in [6.07, 6.45) is 12.3. The van der Waals surface area contributed by atoms with E-state index in [2.05, 4.69) is 20.6 Å². The summed E-state index contributed by atoms with van der Waals surface area (Å²) in [6.45, 7) is 3.93. The number of likely N-dealkylation sites (tertiary alicyclic amines) is 1. The molecule has 2 aliphatic rings. The van der Waals surface area contributed by atoms with Gasteiger partial charge >= 0.3 is 0 Å². The highest BCUT2D eigenvalue weighted by atomic mass is 15.2. The fourth-order valence-corrected chi connectivity index (χ4v) is 2.87. The van der Waals surface area contributed by atoms with E-state index in [-0.39, 0.29) is 0 Å². The number of imidazole rings is 1. The third kappa shape index (κ3) is 1.81. The molecule has 0 N–H and O–H groups in total. The van der Waals surface area contributed by atoms with Gasteiger partial charge < -0.3 is 9.47 Å². The molecule has 1 saturated heterocycles. The van der Waals surface area contributed by atoms with Gasteiger partial charge in [-0.3, -0.25) is 0 Å². The third-order valence-corrected chi connectivity index (χ3v) is 3.92. The molecule has 1 radical (unpaired) electrons. The average Bonchev–Trinajstić information content (AvgIpc) is 2.84. The molecular weight excluding hydrogens is 186 g/mol.